The highest BCUT2D eigenvalue weighted by Gasteiger charge is 2.26. The Morgan fingerprint density at radius 1 is 1.38 bits per heavy atom. The van der Waals surface area contributed by atoms with Crippen LogP contribution in [-0.4, -0.2) is 58.7 Å². The number of carbonyl (C=O) groups excluding carboxylic acids is 1. The molecule has 1 N–H and O–H groups in total. The summed E-state index contributed by atoms with van der Waals surface area (Å²) in [4.78, 5) is 14.3. The van der Waals surface area contributed by atoms with Crippen molar-refractivity contribution >= 4 is 11.7 Å². The van der Waals surface area contributed by atoms with Crippen LogP contribution in [0.1, 0.15) is 22.2 Å². The van der Waals surface area contributed by atoms with E-state index >= 15 is 0 Å². The van der Waals surface area contributed by atoms with Crippen LogP contribution in [0.3, 0.4) is 0 Å². The second-order valence-electron chi connectivity index (χ2n) is 6.20. The predicted molar refractivity (Wildman–Crippen MR) is 83.8 cm³/mol. The van der Waals surface area contributed by atoms with Gasteiger partial charge in [0.05, 0.1) is 13.2 Å². The Hall–Kier alpha value is -2.42. The Labute approximate surface area is 139 Å². The fraction of sp³-hybridized carbons (Fsp3) is 0.600. The van der Waals surface area contributed by atoms with E-state index in [1.54, 1.807) is 6.07 Å². The standard InChI is InChI=1S/C15H20N6O3/c1-10-17-18-13-6-11(9-21(10)13)8-16-15(22)12-7-14(19-24-12)20-2-4-23-5-3-20/h7,11H,2-6,8-9H2,1H3,(H,16,22). The quantitative estimate of drug-likeness (QED) is 0.842. The van der Waals surface area contributed by atoms with Gasteiger partial charge in [-0.15, -0.1) is 10.2 Å². The third-order valence-corrected chi connectivity index (χ3v) is 4.53. The van der Waals surface area contributed by atoms with E-state index in [0.717, 1.165) is 37.7 Å². The largest absolute Gasteiger partial charge is 0.378 e. The number of hydrogen-bond acceptors (Lipinski definition) is 7. The first-order chi connectivity index (χ1) is 11.7. The molecule has 9 nitrogen and oxygen atoms in total. The van der Waals surface area contributed by atoms with Crippen LogP contribution in [0.15, 0.2) is 10.6 Å². The molecule has 1 fully saturated rings. The molecule has 2 aliphatic heterocycles. The number of fused-ring (bicyclic) bond motifs is 1. The molecule has 0 aromatic carbocycles. The van der Waals surface area contributed by atoms with Crippen molar-refractivity contribution in [1.82, 2.24) is 25.2 Å². The summed E-state index contributed by atoms with van der Waals surface area (Å²) in [6.07, 6.45) is 0.830. The summed E-state index contributed by atoms with van der Waals surface area (Å²) in [5, 5.41) is 15.1. The molecule has 1 atom stereocenters. The molecular weight excluding hydrogens is 312 g/mol. The van der Waals surface area contributed by atoms with Crippen LogP contribution in [0.4, 0.5) is 5.82 Å². The first kappa shape index (κ1) is 15.1. The second-order valence-corrected chi connectivity index (χ2v) is 6.20. The highest BCUT2D eigenvalue weighted by molar-refractivity contribution is 5.92. The van der Waals surface area contributed by atoms with Crippen LogP contribution in [0.2, 0.25) is 0 Å². The van der Waals surface area contributed by atoms with Crippen molar-refractivity contribution in [3.63, 3.8) is 0 Å². The molecule has 0 aliphatic carbocycles. The zero-order valence-electron chi connectivity index (χ0n) is 13.6. The maximum absolute atomic E-state index is 12.3. The molecule has 1 saturated heterocycles. The summed E-state index contributed by atoms with van der Waals surface area (Å²) >= 11 is 0. The Kier molecular flexibility index (Phi) is 3.93. The number of rotatable bonds is 4. The van der Waals surface area contributed by atoms with Gasteiger partial charge in [0.15, 0.2) is 5.82 Å². The molecule has 1 amide bonds. The van der Waals surface area contributed by atoms with Gasteiger partial charge in [0.25, 0.3) is 5.91 Å². The number of nitrogens with zero attached hydrogens (tertiary/aromatic N) is 5. The maximum atomic E-state index is 12.3. The fourth-order valence-corrected chi connectivity index (χ4v) is 3.17. The zero-order chi connectivity index (χ0) is 16.5. The van der Waals surface area contributed by atoms with E-state index in [-0.39, 0.29) is 11.7 Å². The number of carbonyl (C=O) groups is 1. The zero-order valence-corrected chi connectivity index (χ0v) is 13.6. The summed E-state index contributed by atoms with van der Waals surface area (Å²) in [5.74, 6) is 2.93. The van der Waals surface area contributed by atoms with E-state index < -0.39 is 0 Å². The van der Waals surface area contributed by atoms with Crippen molar-refractivity contribution < 1.29 is 14.1 Å². The molecular formula is C15H20N6O3. The molecule has 24 heavy (non-hydrogen) atoms. The summed E-state index contributed by atoms with van der Waals surface area (Å²) in [5.41, 5.74) is 0. The van der Waals surface area contributed by atoms with Crippen molar-refractivity contribution in [3.05, 3.63) is 23.5 Å². The van der Waals surface area contributed by atoms with Gasteiger partial charge in [-0.05, 0) is 6.92 Å². The summed E-state index contributed by atoms with van der Waals surface area (Å²) < 4.78 is 12.6. The van der Waals surface area contributed by atoms with Crippen LogP contribution in [-0.2, 0) is 17.7 Å². The molecule has 2 aliphatic rings. The predicted octanol–water partition coefficient (Wildman–Crippen LogP) is 0.0134. The Bertz CT molecular complexity index is 733. The molecule has 9 heteroatoms. The lowest BCUT2D eigenvalue weighted by molar-refractivity contribution is 0.0909. The van der Waals surface area contributed by atoms with E-state index in [1.807, 2.05) is 6.92 Å². The number of hydrogen-bond donors (Lipinski definition) is 1. The van der Waals surface area contributed by atoms with Crippen LogP contribution in [0.5, 0.6) is 0 Å². The first-order valence-electron chi connectivity index (χ1n) is 8.17. The number of nitrogens with one attached hydrogen (secondary N) is 1. The van der Waals surface area contributed by atoms with Crippen molar-refractivity contribution in [2.45, 2.75) is 19.9 Å². The minimum absolute atomic E-state index is 0.235. The number of ether oxygens (including phenoxy) is 1. The molecule has 0 saturated carbocycles. The van der Waals surface area contributed by atoms with Crippen LogP contribution in [0, 0.1) is 12.8 Å². The third kappa shape index (κ3) is 2.86. The van der Waals surface area contributed by atoms with Gasteiger partial charge in [0, 0.05) is 44.6 Å². The SMILES string of the molecule is Cc1nnc2n1CC(CNC(=O)c1cc(N3CCOCC3)no1)C2. The lowest BCUT2D eigenvalue weighted by Gasteiger charge is -2.25. The third-order valence-electron chi connectivity index (χ3n) is 4.53. The van der Waals surface area contributed by atoms with Crippen molar-refractivity contribution in [3.8, 4) is 0 Å². The van der Waals surface area contributed by atoms with Crippen molar-refractivity contribution in [1.29, 1.82) is 0 Å². The van der Waals surface area contributed by atoms with Gasteiger partial charge >= 0.3 is 0 Å². The maximum Gasteiger partial charge on any atom is 0.289 e. The van der Waals surface area contributed by atoms with E-state index in [4.69, 9.17) is 9.26 Å². The van der Waals surface area contributed by atoms with E-state index in [9.17, 15) is 4.79 Å². The number of amides is 1. The van der Waals surface area contributed by atoms with Gasteiger partial charge in [0.1, 0.15) is 11.6 Å². The molecule has 4 heterocycles. The smallest absolute Gasteiger partial charge is 0.289 e. The molecule has 2 aromatic rings. The van der Waals surface area contributed by atoms with E-state index in [0.29, 0.717) is 31.5 Å². The van der Waals surface area contributed by atoms with Gasteiger partial charge in [-0.2, -0.15) is 0 Å². The number of aromatic nitrogens is 4. The first-order valence-corrected chi connectivity index (χ1v) is 8.17. The van der Waals surface area contributed by atoms with Crippen LogP contribution < -0.4 is 10.2 Å². The van der Waals surface area contributed by atoms with Gasteiger partial charge in [-0.25, -0.2) is 0 Å². The van der Waals surface area contributed by atoms with Crippen molar-refractivity contribution in [2.75, 3.05) is 37.7 Å². The van der Waals surface area contributed by atoms with Gasteiger partial charge in [-0.3, -0.25) is 4.79 Å². The molecule has 0 bridgehead atoms. The molecule has 1 unspecified atom stereocenters. The normalized spacial score (nSPS) is 20.2. The van der Waals surface area contributed by atoms with Crippen LogP contribution in [0.25, 0.3) is 0 Å². The highest BCUT2D eigenvalue weighted by atomic mass is 16.5. The lowest BCUT2D eigenvalue weighted by Crippen LogP contribution is -2.36. The Morgan fingerprint density at radius 2 is 2.21 bits per heavy atom. The molecule has 0 radical (unpaired) electrons. The summed E-state index contributed by atoms with van der Waals surface area (Å²) in [6.45, 7) is 6.21. The van der Waals surface area contributed by atoms with Gasteiger partial charge < -0.3 is 24.0 Å². The lowest BCUT2D eigenvalue weighted by atomic mass is 10.1. The topological polar surface area (TPSA) is 98.3 Å². The molecule has 2 aromatic heterocycles. The fourth-order valence-electron chi connectivity index (χ4n) is 3.17. The second kappa shape index (κ2) is 6.23. The molecule has 4 rings (SSSR count). The molecule has 128 valence electrons. The van der Waals surface area contributed by atoms with Gasteiger partial charge in [-0.1, -0.05) is 5.16 Å². The van der Waals surface area contributed by atoms with Gasteiger partial charge in [0.2, 0.25) is 5.76 Å². The summed E-state index contributed by atoms with van der Waals surface area (Å²) in [6, 6.07) is 1.69. The van der Waals surface area contributed by atoms with Crippen molar-refractivity contribution in [2.24, 2.45) is 5.92 Å². The summed E-state index contributed by atoms with van der Waals surface area (Å²) in [7, 11) is 0. The average molecular weight is 332 g/mol. The highest BCUT2D eigenvalue weighted by Crippen LogP contribution is 2.20. The van der Waals surface area contributed by atoms with E-state index in [1.165, 1.54) is 0 Å². The number of aryl methyl sites for hydroxylation is 1. The Balaban J connectivity index is 1.31. The minimum atomic E-state index is -0.235. The number of morpholine rings is 1. The number of anilines is 1. The van der Waals surface area contributed by atoms with Crippen LogP contribution >= 0.6 is 0 Å². The monoisotopic (exact) mass is 332 g/mol. The van der Waals surface area contributed by atoms with E-state index in [2.05, 4.69) is 30.1 Å². The minimum Gasteiger partial charge on any atom is -0.378 e. The average Bonchev–Trinajstić information content (AvgIpc) is 3.31. The Morgan fingerprint density at radius 3 is 3.00 bits per heavy atom. The molecule has 0 spiro atoms.